The Morgan fingerprint density at radius 1 is 1.17 bits per heavy atom. The minimum Gasteiger partial charge on any atom is -0.480 e. The molecule has 0 fully saturated rings. The maximum absolute atomic E-state index is 12.2. The predicted octanol–water partition coefficient (Wildman–Crippen LogP) is 2.67. The third kappa shape index (κ3) is 4.08. The van der Waals surface area contributed by atoms with Crippen molar-refractivity contribution in [1.29, 1.82) is 0 Å². The van der Waals surface area contributed by atoms with E-state index in [0.29, 0.717) is 0 Å². The van der Waals surface area contributed by atoms with Gasteiger partial charge in [-0.2, -0.15) is 0 Å². The van der Waals surface area contributed by atoms with E-state index in [9.17, 15) is 24.8 Å². The zero-order valence-corrected chi connectivity index (χ0v) is 13.1. The third-order valence-corrected chi connectivity index (χ3v) is 3.66. The summed E-state index contributed by atoms with van der Waals surface area (Å²) in [7, 11) is 0. The Morgan fingerprint density at radius 2 is 1.79 bits per heavy atom. The molecule has 2 aromatic rings. The molecule has 2 rings (SSSR count). The number of nitrogens with one attached hydrogen (secondary N) is 1. The zero-order chi connectivity index (χ0) is 17.7. The fourth-order valence-corrected chi connectivity index (χ4v) is 2.38. The van der Waals surface area contributed by atoms with Gasteiger partial charge in [-0.05, 0) is 12.1 Å². The predicted molar refractivity (Wildman–Crippen MR) is 87.1 cm³/mol. The molecule has 2 aromatic carbocycles. The molecular weight excluding hydrogens is 336 g/mol. The summed E-state index contributed by atoms with van der Waals surface area (Å²) in [4.78, 5) is 34.0. The highest BCUT2D eigenvalue weighted by molar-refractivity contribution is 6.33. The highest BCUT2D eigenvalue weighted by Gasteiger charge is 2.25. The number of benzene rings is 2. The van der Waals surface area contributed by atoms with Crippen LogP contribution in [0.15, 0.2) is 48.5 Å². The summed E-state index contributed by atoms with van der Waals surface area (Å²) in [5, 5.41) is 22.9. The van der Waals surface area contributed by atoms with Crippen LogP contribution in [-0.4, -0.2) is 27.9 Å². The van der Waals surface area contributed by atoms with Crippen LogP contribution in [-0.2, 0) is 11.2 Å². The van der Waals surface area contributed by atoms with E-state index in [1.54, 1.807) is 18.2 Å². The number of para-hydroxylation sites is 1. The minimum atomic E-state index is -1.32. The van der Waals surface area contributed by atoms with Crippen molar-refractivity contribution >= 4 is 29.2 Å². The summed E-state index contributed by atoms with van der Waals surface area (Å²) in [6.07, 6.45) is -0.220. The molecule has 1 amide bonds. The van der Waals surface area contributed by atoms with Crippen molar-refractivity contribution in [2.45, 2.75) is 12.5 Å². The Balaban J connectivity index is 2.22. The van der Waals surface area contributed by atoms with Crippen LogP contribution < -0.4 is 5.32 Å². The number of hydrogen-bond donors (Lipinski definition) is 2. The quantitative estimate of drug-likeness (QED) is 0.616. The molecule has 0 aliphatic rings. The van der Waals surface area contributed by atoms with Gasteiger partial charge in [-0.3, -0.25) is 14.9 Å². The number of aliphatic carboxylic acids is 1. The molecule has 0 bridgehead atoms. The molecule has 0 aliphatic heterocycles. The first-order valence-electron chi connectivity index (χ1n) is 6.90. The van der Waals surface area contributed by atoms with Gasteiger partial charge in [0, 0.05) is 18.1 Å². The van der Waals surface area contributed by atoms with Gasteiger partial charge in [-0.15, -0.1) is 0 Å². The van der Waals surface area contributed by atoms with Gasteiger partial charge in [-0.1, -0.05) is 41.9 Å². The number of nitrogens with zero attached hydrogens (tertiary/aromatic N) is 1. The maximum Gasteiger partial charge on any atom is 0.326 e. The van der Waals surface area contributed by atoms with E-state index in [2.05, 4.69) is 5.32 Å². The molecule has 0 radical (unpaired) electrons. The fourth-order valence-electron chi connectivity index (χ4n) is 2.16. The summed E-state index contributed by atoms with van der Waals surface area (Å²) in [5.41, 5.74) is 0.151. The van der Waals surface area contributed by atoms with E-state index in [0.717, 1.165) is 0 Å². The Morgan fingerprint density at radius 3 is 2.42 bits per heavy atom. The average molecular weight is 349 g/mol. The SMILES string of the molecule is O=C(N[C@H](Cc1ccccc1[N+](=O)[O-])C(=O)O)c1ccccc1Cl. The van der Waals surface area contributed by atoms with Gasteiger partial charge in [0.05, 0.1) is 15.5 Å². The Kier molecular flexibility index (Phi) is 5.49. The molecule has 0 heterocycles. The van der Waals surface area contributed by atoms with Crippen LogP contribution in [0.4, 0.5) is 5.69 Å². The van der Waals surface area contributed by atoms with Crippen molar-refractivity contribution < 1.29 is 19.6 Å². The molecule has 0 unspecified atom stereocenters. The number of rotatable bonds is 6. The van der Waals surface area contributed by atoms with E-state index in [1.807, 2.05) is 0 Å². The second-order valence-corrected chi connectivity index (χ2v) is 5.34. The van der Waals surface area contributed by atoms with Gasteiger partial charge in [0.2, 0.25) is 0 Å². The first-order valence-corrected chi connectivity index (χ1v) is 7.28. The second kappa shape index (κ2) is 7.56. The highest BCUT2D eigenvalue weighted by atomic mass is 35.5. The van der Waals surface area contributed by atoms with Gasteiger partial charge in [0.15, 0.2) is 0 Å². The summed E-state index contributed by atoms with van der Waals surface area (Å²) in [6, 6.07) is 10.7. The van der Waals surface area contributed by atoms with Crippen molar-refractivity contribution in [1.82, 2.24) is 5.32 Å². The van der Waals surface area contributed by atoms with Crippen LogP contribution in [0.25, 0.3) is 0 Å². The van der Waals surface area contributed by atoms with Crippen LogP contribution in [0, 0.1) is 10.1 Å². The summed E-state index contributed by atoms with van der Waals surface area (Å²) in [6.45, 7) is 0. The van der Waals surface area contributed by atoms with E-state index >= 15 is 0 Å². The van der Waals surface area contributed by atoms with Crippen molar-refractivity contribution in [2.75, 3.05) is 0 Å². The van der Waals surface area contributed by atoms with Crippen molar-refractivity contribution in [3.05, 3.63) is 74.8 Å². The molecule has 8 heteroatoms. The molecule has 124 valence electrons. The van der Waals surface area contributed by atoms with Gasteiger partial charge in [0.1, 0.15) is 6.04 Å². The molecular formula is C16H13ClN2O5. The first kappa shape index (κ1) is 17.4. The number of carboxylic acid groups (broad SMARTS) is 1. The van der Waals surface area contributed by atoms with Crippen LogP contribution in [0.1, 0.15) is 15.9 Å². The molecule has 0 aromatic heterocycles. The Hall–Kier alpha value is -2.93. The van der Waals surface area contributed by atoms with Crippen molar-refractivity contribution in [3.8, 4) is 0 Å². The molecule has 24 heavy (non-hydrogen) atoms. The number of halogens is 1. The molecule has 1 atom stereocenters. The van der Waals surface area contributed by atoms with E-state index in [4.69, 9.17) is 11.6 Å². The number of carboxylic acids is 1. The minimum absolute atomic E-state index is 0.132. The molecule has 0 saturated carbocycles. The number of hydrogen-bond acceptors (Lipinski definition) is 4. The number of carbonyl (C=O) groups excluding carboxylic acids is 1. The highest BCUT2D eigenvalue weighted by Crippen LogP contribution is 2.20. The molecule has 0 spiro atoms. The molecule has 7 nitrogen and oxygen atoms in total. The van der Waals surface area contributed by atoms with Crippen LogP contribution in [0.5, 0.6) is 0 Å². The van der Waals surface area contributed by atoms with Gasteiger partial charge >= 0.3 is 5.97 Å². The van der Waals surface area contributed by atoms with Gasteiger partial charge in [-0.25, -0.2) is 4.79 Å². The van der Waals surface area contributed by atoms with Crippen molar-refractivity contribution in [3.63, 3.8) is 0 Å². The van der Waals surface area contributed by atoms with Gasteiger partial charge < -0.3 is 10.4 Å². The third-order valence-electron chi connectivity index (χ3n) is 3.33. The Bertz CT molecular complexity index is 794. The smallest absolute Gasteiger partial charge is 0.326 e. The average Bonchev–Trinajstić information content (AvgIpc) is 2.54. The first-order chi connectivity index (χ1) is 11.4. The van der Waals surface area contributed by atoms with Crippen LogP contribution >= 0.6 is 11.6 Å². The zero-order valence-electron chi connectivity index (χ0n) is 12.3. The maximum atomic E-state index is 12.2. The largest absolute Gasteiger partial charge is 0.480 e. The lowest BCUT2D eigenvalue weighted by Crippen LogP contribution is -2.42. The molecule has 0 saturated heterocycles. The summed E-state index contributed by atoms with van der Waals surface area (Å²) < 4.78 is 0. The number of nitro groups is 1. The van der Waals surface area contributed by atoms with E-state index < -0.39 is 22.8 Å². The lowest BCUT2D eigenvalue weighted by Gasteiger charge is -2.15. The summed E-state index contributed by atoms with van der Waals surface area (Å²) >= 11 is 5.91. The van der Waals surface area contributed by atoms with Gasteiger partial charge in [0.25, 0.3) is 11.6 Å². The lowest BCUT2D eigenvalue weighted by molar-refractivity contribution is -0.385. The number of amides is 1. The second-order valence-electron chi connectivity index (χ2n) is 4.93. The van der Waals surface area contributed by atoms with E-state index in [-0.39, 0.29) is 28.3 Å². The standard InChI is InChI=1S/C16H13ClN2O5/c17-12-7-3-2-6-11(12)15(20)18-13(16(21)22)9-10-5-1-4-8-14(10)19(23)24/h1-8,13H,9H2,(H,18,20)(H,21,22)/t13-/m1/s1. The normalized spacial score (nSPS) is 11.5. The summed E-state index contributed by atoms with van der Waals surface area (Å²) in [5.74, 6) is -1.96. The fraction of sp³-hybridized carbons (Fsp3) is 0.125. The molecule has 2 N–H and O–H groups in total. The van der Waals surface area contributed by atoms with Crippen LogP contribution in [0.2, 0.25) is 5.02 Å². The van der Waals surface area contributed by atoms with Crippen molar-refractivity contribution in [2.24, 2.45) is 0 Å². The van der Waals surface area contributed by atoms with E-state index in [1.165, 1.54) is 30.3 Å². The molecule has 0 aliphatic carbocycles. The monoisotopic (exact) mass is 348 g/mol. The topological polar surface area (TPSA) is 110 Å². The lowest BCUT2D eigenvalue weighted by atomic mass is 10.0. The number of carbonyl (C=O) groups is 2. The van der Waals surface area contributed by atoms with Crippen LogP contribution in [0.3, 0.4) is 0 Å². The Labute approximate surface area is 142 Å². The number of nitro benzene ring substituents is 1.